The maximum atomic E-state index is 12.0. The molecule has 3 rings (SSSR count). The number of hydrogen-bond donors (Lipinski definition) is 0. The molecule has 1 heteroatoms. The molecule has 0 amide bonds. The smallest absolute Gasteiger partial charge is 0.144 e. The largest absolute Gasteiger partial charge is 0.299 e. The molecule has 15 heavy (non-hydrogen) atoms. The highest BCUT2D eigenvalue weighted by Gasteiger charge is 2.50. The number of carbonyl (C=O) groups excluding carboxylic acids is 1. The molecular weight excluding hydrogens is 184 g/mol. The van der Waals surface area contributed by atoms with Gasteiger partial charge in [-0.2, -0.15) is 0 Å². The van der Waals surface area contributed by atoms with Gasteiger partial charge in [0.25, 0.3) is 0 Å². The molecule has 0 spiro atoms. The van der Waals surface area contributed by atoms with E-state index in [0.717, 1.165) is 6.42 Å². The summed E-state index contributed by atoms with van der Waals surface area (Å²) in [6.07, 6.45) is 4.98. The van der Waals surface area contributed by atoms with Crippen molar-refractivity contribution in [3.63, 3.8) is 0 Å². The summed E-state index contributed by atoms with van der Waals surface area (Å²) < 4.78 is 0. The molecule has 1 aromatic carbocycles. The zero-order valence-corrected chi connectivity index (χ0v) is 8.86. The second kappa shape index (κ2) is 3.48. The van der Waals surface area contributed by atoms with Gasteiger partial charge in [0.2, 0.25) is 0 Å². The van der Waals surface area contributed by atoms with Crippen LogP contribution in [0.15, 0.2) is 30.3 Å². The molecule has 0 saturated heterocycles. The molecule has 0 N–H and O–H groups in total. The van der Waals surface area contributed by atoms with Crippen LogP contribution < -0.4 is 0 Å². The van der Waals surface area contributed by atoms with E-state index in [9.17, 15) is 4.79 Å². The number of fused-ring (bicyclic) bond motifs is 1. The van der Waals surface area contributed by atoms with Crippen molar-refractivity contribution < 1.29 is 4.79 Å². The van der Waals surface area contributed by atoms with Crippen LogP contribution in [0.3, 0.4) is 0 Å². The van der Waals surface area contributed by atoms with E-state index in [1.165, 1.54) is 24.8 Å². The highest BCUT2D eigenvalue weighted by molar-refractivity contribution is 5.94. The molecule has 0 unspecified atom stereocenters. The first-order chi connectivity index (χ1) is 7.38. The van der Waals surface area contributed by atoms with E-state index < -0.39 is 0 Å². The third kappa shape index (κ3) is 1.33. The lowest BCUT2D eigenvalue weighted by molar-refractivity contribution is -0.139. The zero-order valence-electron chi connectivity index (χ0n) is 8.86. The summed E-state index contributed by atoms with van der Waals surface area (Å²) in [5, 5.41) is 0. The molecule has 2 saturated carbocycles. The van der Waals surface area contributed by atoms with Crippen molar-refractivity contribution in [3.05, 3.63) is 35.9 Å². The lowest BCUT2D eigenvalue weighted by Gasteiger charge is -2.46. The molecule has 1 aromatic rings. The fourth-order valence-corrected chi connectivity index (χ4v) is 3.31. The lowest BCUT2D eigenvalue weighted by Crippen LogP contribution is -2.47. The van der Waals surface area contributed by atoms with Crippen molar-refractivity contribution in [2.24, 2.45) is 11.8 Å². The van der Waals surface area contributed by atoms with Gasteiger partial charge in [0.05, 0.1) is 0 Å². The van der Waals surface area contributed by atoms with Crippen LogP contribution in [0.25, 0.3) is 0 Å². The van der Waals surface area contributed by atoms with E-state index in [2.05, 4.69) is 12.1 Å². The Hall–Kier alpha value is -1.11. The minimum Gasteiger partial charge on any atom is -0.299 e. The lowest BCUT2D eigenvalue weighted by atomic mass is 9.56. The topological polar surface area (TPSA) is 17.1 Å². The third-order valence-corrected chi connectivity index (χ3v) is 4.08. The summed E-state index contributed by atoms with van der Waals surface area (Å²) in [5.41, 5.74) is 1.24. The van der Waals surface area contributed by atoms with Crippen LogP contribution in [0.4, 0.5) is 0 Å². The Morgan fingerprint density at radius 1 is 1.00 bits per heavy atom. The molecule has 78 valence electrons. The van der Waals surface area contributed by atoms with Gasteiger partial charge in [0.1, 0.15) is 5.78 Å². The van der Waals surface area contributed by atoms with Crippen molar-refractivity contribution in [1.82, 2.24) is 0 Å². The molecule has 3 atom stereocenters. The highest BCUT2D eigenvalue weighted by Crippen LogP contribution is 2.51. The number of rotatable bonds is 1. The molecule has 2 fully saturated rings. The molecular formula is C14H16O. The highest BCUT2D eigenvalue weighted by atomic mass is 16.1. The zero-order chi connectivity index (χ0) is 10.3. The maximum Gasteiger partial charge on any atom is 0.144 e. The van der Waals surface area contributed by atoms with E-state index in [1.54, 1.807) is 0 Å². The van der Waals surface area contributed by atoms with Gasteiger partial charge in [-0.05, 0) is 24.3 Å². The van der Waals surface area contributed by atoms with Crippen LogP contribution in [0.5, 0.6) is 0 Å². The Morgan fingerprint density at radius 3 is 2.53 bits per heavy atom. The second-order valence-electron chi connectivity index (χ2n) is 4.85. The molecule has 0 bridgehead atoms. The van der Waals surface area contributed by atoms with E-state index in [4.69, 9.17) is 0 Å². The van der Waals surface area contributed by atoms with Crippen LogP contribution in [-0.4, -0.2) is 5.78 Å². The van der Waals surface area contributed by atoms with Gasteiger partial charge < -0.3 is 0 Å². The molecule has 2 aliphatic carbocycles. The maximum absolute atomic E-state index is 12.0. The van der Waals surface area contributed by atoms with E-state index in [-0.39, 0.29) is 5.92 Å². The Morgan fingerprint density at radius 2 is 1.73 bits per heavy atom. The predicted octanol–water partition coefficient (Wildman–Crippen LogP) is 3.16. The van der Waals surface area contributed by atoms with Gasteiger partial charge in [-0.15, -0.1) is 0 Å². The molecule has 0 aromatic heterocycles. The first-order valence-electron chi connectivity index (χ1n) is 5.96. The van der Waals surface area contributed by atoms with Gasteiger partial charge in [0.15, 0.2) is 0 Å². The number of ketones is 1. The first-order valence-corrected chi connectivity index (χ1v) is 5.96. The fourth-order valence-electron chi connectivity index (χ4n) is 3.31. The average molecular weight is 200 g/mol. The standard InChI is InChI=1S/C14H16O/c15-14-12-9-5-4-8-11(12)13(14)10-6-2-1-3-7-10/h1-3,6-7,11-13H,4-5,8-9H2/t11-,12+,13-/m1/s1. The normalized spacial score (nSPS) is 34.4. The minimum atomic E-state index is 0.233. The molecule has 0 radical (unpaired) electrons. The average Bonchev–Trinajstić information content (AvgIpc) is 2.30. The van der Waals surface area contributed by atoms with Crippen molar-refractivity contribution in [1.29, 1.82) is 0 Å². The Balaban J connectivity index is 1.86. The van der Waals surface area contributed by atoms with Gasteiger partial charge in [-0.3, -0.25) is 4.79 Å². The summed E-state index contributed by atoms with van der Waals surface area (Å²) in [7, 11) is 0. The van der Waals surface area contributed by atoms with Crippen molar-refractivity contribution in [2.45, 2.75) is 31.6 Å². The monoisotopic (exact) mass is 200 g/mol. The predicted molar refractivity (Wildman–Crippen MR) is 59.6 cm³/mol. The second-order valence-corrected chi connectivity index (χ2v) is 4.85. The SMILES string of the molecule is O=C1[C@H]2CCCC[C@H]2[C@H]1c1ccccc1. The minimum absolute atomic E-state index is 0.233. The summed E-state index contributed by atoms with van der Waals surface area (Å²) in [6.45, 7) is 0. The summed E-state index contributed by atoms with van der Waals surface area (Å²) in [6, 6.07) is 10.3. The van der Waals surface area contributed by atoms with Crippen molar-refractivity contribution >= 4 is 5.78 Å². The van der Waals surface area contributed by atoms with Gasteiger partial charge >= 0.3 is 0 Å². The summed E-state index contributed by atoms with van der Waals surface area (Å²) in [4.78, 5) is 12.0. The van der Waals surface area contributed by atoms with Crippen LogP contribution >= 0.6 is 0 Å². The fraction of sp³-hybridized carbons (Fsp3) is 0.500. The number of Topliss-reactive ketones (excluding diaryl/α,β-unsaturated/α-hetero) is 1. The van der Waals surface area contributed by atoms with Crippen LogP contribution in [0, 0.1) is 11.8 Å². The van der Waals surface area contributed by atoms with Crippen molar-refractivity contribution in [3.8, 4) is 0 Å². The number of hydrogen-bond acceptors (Lipinski definition) is 1. The molecule has 0 aliphatic heterocycles. The summed E-state index contributed by atoms with van der Waals surface area (Å²) in [5.74, 6) is 1.81. The molecule has 0 heterocycles. The van der Waals surface area contributed by atoms with Crippen LogP contribution in [-0.2, 0) is 4.79 Å². The van der Waals surface area contributed by atoms with E-state index >= 15 is 0 Å². The molecule has 2 aliphatic rings. The Kier molecular flexibility index (Phi) is 2.12. The number of carbonyl (C=O) groups is 1. The van der Waals surface area contributed by atoms with Crippen molar-refractivity contribution in [2.75, 3.05) is 0 Å². The van der Waals surface area contributed by atoms with Gasteiger partial charge in [-0.1, -0.05) is 43.2 Å². The van der Waals surface area contributed by atoms with E-state index in [0.29, 0.717) is 17.6 Å². The summed E-state index contributed by atoms with van der Waals surface area (Å²) >= 11 is 0. The number of benzene rings is 1. The Bertz CT molecular complexity index is 368. The first kappa shape index (κ1) is 9.14. The quantitative estimate of drug-likeness (QED) is 0.680. The van der Waals surface area contributed by atoms with E-state index in [1.807, 2.05) is 18.2 Å². The van der Waals surface area contributed by atoms with Gasteiger partial charge in [0, 0.05) is 11.8 Å². The third-order valence-electron chi connectivity index (χ3n) is 4.08. The van der Waals surface area contributed by atoms with Crippen LogP contribution in [0.2, 0.25) is 0 Å². The van der Waals surface area contributed by atoms with Crippen LogP contribution in [0.1, 0.15) is 37.2 Å². The molecule has 1 nitrogen and oxygen atoms in total. The Labute approximate surface area is 90.5 Å². The van der Waals surface area contributed by atoms with Gasteiger partial charge in [-0.25, -0.2) is 0 Å².